The summed E-state index contributed by atoms with van der Waals surface area (Å²) in [4.78, 5) is 13.5. The SMILES string of the molecule is COC(CN)C(=O)N1CCC(C)C(O)C1. The molecule has 1 aliphatic rings. The minimum absolute atomic E-state index is 0.119. The summed E-state index contributed by atoms with van der Waals surface area (Å²) in [6.07, 6.45) is -0.183. The fourth-order valence-corrected chi connectivity index (χ4v) is 1.75. The minimum atomic E-state index is -0.578. The van der Waals surface area contributed by atoms with Crippen LogP contribution >= 0.6 is 0 Å². The molecule has 0 aromatic rings. The van der Waals surface area contributed by atoms with E-state index in [2.05, 4.69) is 0 Å². The molecule has 0 aliphatic carbocycles. The molecular weight excluding hydrogens is 196 g/mol. The standard InChI is InChI=1S/C10H20N2O3/c1-7-3-4-12(6-8(7)13)10(14)9(5-11)15-2/h7-9,13H,3-6,11H2,1-2H3. The number of aliphatic hydroxyl groups is 1. The third kappa shape index (κ3) is 2.90. The van der Waals surface area contributed by atoms with Gasteiger partial charge >= 0.3 is 0 Å². The van der Waals surface area contributed by atoms with Crippen molar-refractivity contribution in [2.45, 2.75) is 25.6 Å². The zero-order valence-corrected chi connectivity index (χ0v) is 9.35. The Morgan fingerprint density at radius 1 is 1.73 bits per heavy atom. The number of rotatable bonds is 3. The Balaban J connectivity index is 2.53. The maximum atomic E-state index is 11.8. The molecule has 0 spiro atoms. The molecule has 3 atom stereocenters. The van der Waals surface area contributed by atoms with Crippen LogP contribution in [0, 0.1) is 5.92 Å². The van der Waals surface area contributed by atoms with Crippen molar-refractivity contribution >= 4 is 5.91 Å². The number of hydrogen-bond acceptors (Lipinski definition) is 4. The predicted molar refractivity (Wildman–Crippen MR) is 56.2 cm³/mol. The first-order chi connectivity index (χ1) is 7.10. The number of amides is 1. The summed E-state index contributed by atoms with van der Waals surface area (Å²) >= 11 is 0. The first-order valence-corrected chi connectivity index (χ1v) is 5.29. The number of nitrogens with two attached hydrogens (primary N) is 1. The van der Waals surface area contributed by atoms with Gasteiger partial charge in [-0.1, -0.05) is 6.92 Å². The molecular formula is C10H20N2O3. The Hall–Kier alpha value is -0.650. The third-order valence-corrected chi connectivity index (χ3v) is 3.00. The highest BCUT2D eigenvalue weighted by atomic mass is 16.5. The van der Waals surface area contributed by atoms with Gasteiger partial charge in [0.2, 0.25) is 0 Å². The summed E-state index contributed by atoms with van der Waals surface area (Å²) in [7, 11) is 1.47. The third-order valence-electron chi connectivity index (χ3n) is 3.00. The van der Waals surface area contributed by atoms with Crippen molar-refractivity contribution < 1.29 is 14.6 Å². The number of carbonyl (C=O) groups excluding carboxylic acids is 1. The van der Waals surface area contributed by atoms with Gasteiger partial charge in [0.15, 0.2) is 0 Å². The molecule has 88 valence electrons. The smallest absolute Gasteiger partial charge is 0.253 e. The molecule has 1 amide bonds. The molecule has 0 aromatic heterocycles. The van der Waals surface area contributed by atoms with Crippen LogP contribution < -0.4 is 5.73 Å². The van der Waals surface area contributed by atoms with E-state index < -0.39 is 12.2 Å². The summed E-state index contributed by atoms with van der Waals surface area (Å²) in [5.41, 5.74) is 5.42. The Morgan fingerprint density at radius 3 is 2.87 bits per heavy atom. The normalized spacial score (nSPS) is 28.9. The van der Waals surface area contributed by atoms with Crippen LogP contribution in [0.3, 0.4) is 0 Å². The van der Waals surface area contributed by atoms with E-state index in [-0.39, 0.29) is 18.4 Å². The molecule has 1 aliphatic heterocycles. The van der Waals surface area contributed by atoms with Gasteiger partial charge in [-0.15, -0.1) is 0 Å². The van der Waals surface area contributed by atoms with Gasteiger partial charge in [0.25, 0.3) is 5.91 Å². The maximum absolute atomic E-state index is 11.8. The number of ether oxygens (including phenoxy) is 1. The van der Waals surface area contributed by atoms with Crippen LogP contribution in [0.5, 0.6) is 0 Å². The van der Waals surface area contributed by atoms with E-state index in [4.69, 9.17) is 10.5 Å². The van der Waals surface area contributed by atoms with E-state index in [0.29, 0.717) is 13.1 Å². The van der Waals surface area contributed by atoms with Gasteiger partial charge in [0.1, 0.15) is 6.10 Å². The molecule has 5 heteroatoms. The number of hydrogen-bond donors (Lipinski definition) is 2. The zero-order valence-electron chi connectivity index (χ0n) is 9.35. The van der Waals surface area contributed by atoms with E-state index in [0.717, 1.165) is 6.42 Å². The lowest BCUT2D eigenvalue weighted by atomic mass is 9.96. The van der Waals surface area contributed by atoms with Gasteiger partial charge in [-0.05, 0) is 12.3 Å². The van der Waals surface area contributed by atoms with E-state index in [9.17, 15) is 9.90 Å². The lowest BCUT2D eigenvalue weighted by Gasteiger charge is -2.35. The van der Waals surface area contributed by atoms with Crippen LogP contribution in [0.1, 0.15) is 13.3 Å². The average molecular weight is 216 g/mol. The Bertz CT molecular complexity index is 219. The molecule has 0 bridgehead atoms. The molecule has 1 rings (SSSR count). The van der Waals surface area contributed by atoms with Crippen LogP contribution in [0.25, 0.3) is 0 Å². The number of β-amino-alcohol motifs (C(OH)–C–C–N with tert-alkyl or cyclic N) is 1. The molecule has 5 nitrogen and oxygen atoms in total. The number of carbonyl (C=O) groups is 1. The Labute approximate surface area is 90.2 Å². The largest absolute Gasteiger partial charge is 0.391 e. The molecule has 3 N–H and O–H groups in total. The number of nitrogens with zero attached hydrogens (tertiary/aromatic N) is 1. The van der Waals surface area contributed by atoms with Gasteiger partial charge in [0.05, 0.1) is 6.10 Å². The summed E-state index contributed by atoms with van der Waals surface area (Å²) in [5.74, 6) is 0.138. The molecule has 0 radical (unpaired) electrons. The van der Waals surface area contributed by atoms with Crippen LogP contribution in [0.4, 0.5) is 0 Å². The average Bonchev–Trinajstić information content (AvgIpc) is 2.23. The number of methoxy groups -OCH3 is 1. The quantitative estimate of drug-likeness (QED) is 0.647. The van der Waals surface area contributed by atoms with Crippen molar-refractivity contribution in [2.75, 3.05) is 26.7 Å². The van der Waals surface area contributed by atoms with Gasteiger partial charge in [-0.25, -0.2) is 0 Å². The van der Waals surface area contributed by atoms with Crippen molar-refractivity contribution in [2.24, 2.45) is 11.7 Å². The second-order valence-corrected chi connectivity index (χ2v) is 4.08. The van der Waals surface area contributed by atoms with Crippen molar-refractivity contribution in [3.8, 4) is 0 Å². The lowest BCUT2D eigenvalue weighted by Crippen LogP contribution is -2.51. The summed E-state index contributed by atoms with van der Waals surface area (Å²) < 4.78 is 4.98. The lowest BCUT2D eigenvalue weighted by molar-refractivity contribution is -0.145. The molecule has 0 saturated carbocycles. The number of aliphatic hydroxyl groups excluding tert-OH is 1. The number of likely N-dealkylation sites (tertiary alicyclic amines) is 1. The van der Waals surface area contributed by atoms with Crippen LogP contribution in [0.15, 0.2) is 0 Å². The van der Waals surface area contributed by atoms with Gasteiger partial charge < -0.3 is 20.5 Å². The van der Waals surface area contributed by atoms with Crippen LogP contribution in [0.2, 0.25) is 0 Å². The fraction of sp³-hybridized carbons (Fsp3) is 0.900. The topological polar surface area (TPSA) is 75.8 Å². The Morgan fingerprint density at radius 2 is 2.40 bits per heavy atom. The van der Waals surface area contributed by atoms with E-state index in [1.54, 1.807) is 4.90 Å². The predicted octanol–water partition coefficient (Wildman–Crippen LogP) is -0.811. The highest BCUT2D eigenvalue weighted by molar-refractivity contribution is 5.81. The molecule has 0 aromatic carbocycles. The summed E-state index contributed by atoms with van der Waals surface area (Å²) in [5, 5.41) is 9.66. The molecule has 1 saturated heterocycles. The summed E-state index contributed by atoms with van der Waals surface area (Å²) in [6.45, 7) is 3.23. The van der Waals surface area contributed by atoms with Gasteiger partial charge in [-0.3, -0.25) is 4.79 Å². The second-order valence-electron chi connectivity index (χ2n) is 4.08. The van der Waals surface area contributed by atoms with Crippen molar-refractivity contribution in [1.82, 2.24) is 4.90 Å². The zero-order chi connectivity index (χ0) is 11.4. The Kier molecular flexibility index (Phi) is 4.50. The van der Waals surface area contributed by atoms with Crippen molar-refractivity contribution in [1.29, 1.82) is 0 Å². The minimum Gasteiger partial charge on any atom is -0.391 e. The van der Waals surface area contributed by atoms with Crippen molar-refractivity contribution in [3.63, 3.8) is 0 Å². The first kappa shape index (κ1) is 12.4. The van der Waals surface area contributed by atoms with Gasteiger partial charge in [-0.2, -0.15) is 0 Å². The molecule has 1 heterocycles. The van der Waals surface area contributed by atoms with Crippen molar-refractivity contribution in [3.05, 3.63) is 0 Å². The first-order valence-electron chi connectivity index (χ1n) is 5.29. The molecule has 1 fully saturated rings. The van der Waals surface area contributed by atoms with E-state index in [1.807, 2.05) is 6.92 Å². The highest BCUT2D eigenvalue weighted by Gasteiger charge is 2.30. The maximum Gasteiger partial charge on any atom is 0.253 e. The van der Waals surface area contributed by atoms with Crippen LogP contribution in [-0.4, -0.2) is 54.9 Å². The summed E-state index contributed by atoms with van der Waals surface area (Å²) in [6, 6.07) is 0. The molecule has 15 heavy (non-hydrogen) atoms. The van der Waals surface area contributed by atoms with Gasteiger partial charge in [0, 0.05) is 26.7 Å². The van der Waals surface area contributed by atoms with E-state index >= 15 is 0 Å². The van der Waals surface area contributed by atoms with Crippen LogP contribution in [-0.2, 0) is 9.53 Å². The van der Waals surface area contributed by atoms with E-state index in [1.165, 1.54) is 7.11 Å². The fourth-order valence-electron chi connectivity index (χ4n) is 1.75. The number of piperidine rings is 1. The highest BCUT2D eigenvalue weighted by Crippen LogP contribution is 2.17. The molecule has 3 unspecified atom stereocenters. The monoisotopic (exact) mass is 216 g/mol. The second kappa shape index (κ2) is 5.44.